The highest BCUT2D eigenvalue weighted by atomic mass is 32.1. The summed E-state index contributed by atoms with van der Waals surface area (Å²) in [4.78, 5) is 15.2. The Bertz CT molecular complexity index is 750. The maximum absolute atomic E-state index is 4.48. The van der Waals surface area contributed by atoms with Crippen molar-refractivity contribution in [3.63, 3.8) is 0 Å². The molecular formula is C21H32N6S. The third kappa shape index (κ3) is 6.29. The van der Waals surface area contributed by atoms with E-state index in [-0.39, 0.29) is 0 Å². The second-order valence-corrected chi connectivity index (χ2v) is 8.49. The first-order chi connectivity index (χ1) is 13.6. The molecule has 2 heterocycles. The predicted octanol–water partition coefficient (Wildman–Crippen LogP) is 2.24. The zero-order valence-corrected chi connectivity index (χ0v) is 18.1. The van der Waals surface area contributed by atoms with E-state index in [1.54, 1.807) is 11.3 Å². The van der Waals surface area contributed by atoms with Gasteiger partial charge in [0.2, 0.25) is 0 Å². The fraction of sp³-hybridized carbons (Fsp3) is 0.524. The summed E-state index contributed by atoms with van der Waals surface area (Å²) < 4.78 is 0. The number of hydrogen-bond acceptors (Lipinski definition) is 5. The van der Waals surface area contributed by atoms with Crippen LogP contribution in [-0.2, 0) is 13.1 Å². The number of nitrogens with one attached hydrogen (secondary N) is 2. The fourth-order valence-electron chi connectivity index (χ4n) is 3.47. The zero-order chi connectivity index (χ0) is 19.8. The number of aliphatic imine (C=N–C) groups is 1. The number of nitrogens with zero attached hydrogens (tertiary/aromatic N) is 4. The summed E-state index contributed by atoms with van der Waals surface area (Å²) in [7, 11) is 1.82. The maximum atomic E-state index is 4.48. The van der Waals surface area contributed by atoms with E-state index >= 15 is 0 Å². The van der Waals surface area contributed by atoms with Gasteiger partial charge >= 0.3 is 0 Å². The molecule has 28 heavy (non-hydrogen) atoms. The molecule has 6 nitrogen and oxygen atoms in total. The van der Waals surface area contributed by atoms with Crippen molar-refractivity contribution in [2.45, 2.75) is 26.9 Å². The zero-order valence-electron chi connectivity index (χ0n) is 17.2. The molecule has 7 heteroatoms. The van der Waals surface area contributed by atoms with Gasteiger partial charge in [0.15, 0.2) is 5.96 Å². The normalized spacial score (nSPS) is 16.3. The number of thiazole rings is 1. The lowest BCUT2D eigenvalue weighted by Crippen LogP contribution is -2.48. The van der Waals surface area contributed by atoms with Crippen LogP contribution in [0.15, 0.2) is 35.3 Å². The van der Waals surface area contributed by atoms with Crippen LogP contribution in [0.2, 0.25) is 0 Å². The number of hydrogen-bond donors (Lipinski definition) is 2. The molecule has 0 spiro atoms. The van der Waals surface area contributed by atoms with Gasteiger partial charge in [-0.2, -0.15) is 0 Å². The molecule has 0 saturated carbocycles. The number of piperazine rings is 1. The monoisotopic (exact) mass is 400 g/mol. The molecule has 1 aliphatic heterocycles. The van der Waals surface area contributed by atoms with E-state index in [1.165, 1.54) is 10.4 Å². The highest BCUT2D eigenvalue weighted by Gasteiger charge is 2.16. The Balaban J connectivity index is 1.33. The quantitative estimate of drug-likeness (QED) is 0.551. The third-order valence-corrected chi connectivity index (χ3v) is 6.15. The number of guanidine groups is 1. The smallest absolute Gasteiger partial charge is 0.191 e. The van der Waals surface area contributed by atoms with Crippen LogP contribution >= 0.6 is 11.3 Å². The van der Waals surface area contributed by atoms with Gasteiger partial charge in [-0.05, 0) is 19.4 Å². The summed E-state index contributed by atoms with van der Waals surface area (Å²) in [5.74, 6) is 0.855. The molecule has 3 rings (SSSR count). The standard InChI is InChI=1S/C21H32N6S/c1-17-20(28-18(2)25-17)15-24-21(22-3)23-9-10-26-11-13-27(14-12-26)16-19-7-5-4-6-8-19/h4-8H,9-16H2,1-3H3,(H2,22,23,24). The van der Waals surface area contributed by atoms with Crippen molar-refractivity contribution in [3.8, 4) is 0 Å². The van der Waals surface area contributed by atoms with E-state index in [0.29, 0.717) is 0 Å². The highest BCUT2D eigenvalue weighted by molar-refractivity contribution is 7.11. The van der Waals surface area contributed by atoms with Gasteiger partial charge in [0.25, 0.3) is 0 Å². The van der Waals surface area contributed by atoms with Crippen LogP contribution in [0, 0.1) is 13.8 Å². The fourth-order valence-corrected chi connectivity index (χ4v) is 4.34. The molecule has 0 radical (unpaired) electrons. The Labute approximate surface area is 172 Å². The highest BCUT2D eigenvalue weighted by Crippen LogP contribution is 2.16. The van der Waals surface area contributed by atoms with Crippen molar-refractivity contribution in [2.75, 3.05) is 46.3 Å². The second-order valence-electron chi connectivity index (χ2n) is 7.20. The number of benzene rings is 1. The van der Waals surface area contributed by atoms with E-state index in [2.05, 4.69) is 67.7 Å². The minimum Gasteiger partial charge on any atom is -0.355 e. The molecular weight excluding hydrogens is 368 g/mol. The molecule has 0 bridgehead atoms. The van der Waals surface area contributed by atoms with Crippen molar-refractivity contribution in [3.05, 3.63) is 51.5 Å². The van der Waals surface area contributed by atoms with Gasteiger partial charge in [-0.15, -0.1) is 11.3 Å². The average molecular weight is 401 g/mol. The van der Waals surface area contributed by atoms with Crippen molar-refractivity contribution < 1.29 is 0 Å². The Morgan fingerprint density at radius 1 is 1.07 bits per heavy atom. The second kappa shape index (κ2) is 10.5. The minimum atomic E-state index is 0.773. The molecule has 1 fully saturated rings. The van der Waals surface area contributed by atoms with E-state index in [1.807, 2.05) is 14.0 Å². The molecule has 2 N–H and O–H groups in total. The van der Waals surface area contributed by atoms with E-state index in [4.69, 9.17) is 0 Å². The lowest BCUT2D eigenvalue weighted by atomic mass is 10.2. The predicted molar refractivity (Wildman–Crippen MR) is 118 cm³/mol. The largest absolute Gasteiger partial charge is 0.355 e. The summed E-state index contributed by atoms with van der Waals surface area (Å²) in [5.41, 5.74) is 2.51. The van der Waals surface area contributed by atoms with Crippen LogP contribution in [0.25, 0.3) is 0 Å². The lowest BCUT2D eigenvalue weighted by molar-refractivity contribution is 0.129. The summed E-state index contributed by atoms with van der Waals surface area (Å²) >= 11 is 1.74. The molecule has 1 saturated heterocycles. The molecule has 0 aliphatic carbocycles. The summed E-state index contributed by atoms with van der Waals surface area (Å²) in [6.45, 7) is 12.4. The van der Waals surface area contributed by atoms with Crippen LogP contribution in [-0.4, -0.2) is 67.1 Å². The van der Waals surface area contributed by atoms with Crippen LogP contribution in [0.3, 0.4) is 0 Å². The van der Waals surface area contributed by atoms with Gasteiger partial charge in [0.1, 0.15) is 0 Å². The van der Waals surface area contributed by atoms with Gasteiger partial charge in [-0.1, -0.05) is 30.3 Å². The molecule has 0 atom stereocenters. The van der Waals surface area contributed by atoms with Crippen molar-refractivity contribution in [2.24, 2.45) is 4.99 Å². The summed E-state index contributed by atoms with van der Waals surface area (Å²) in [5, 5.41) is 7.94. The van der Waals surface area contributed by atoms with Gasteiger partial charge in [0.05, 0.1) is 17.2 Å². The molecule has 0 unspecified atom stereocenters. The molecule has 1 aromatic heterocycles. The number of aromatic nitrogens is 1. The van der Waals surface area contributed by atoms with Crippen LogP contribution in [0.4, 0.5) is 0 Å². The van der Waals surface area contributed by atoms with E-state index in [9.17, 15) is 0 Å². The molecule has 0 amide bonds. The topological polar surface area (TPSA) is 55.8 Å². The molecule has 2 aromatic rings. The summed E-state index contributed by atoms with van der Waals surface area (Å²) in [6, 6.07) is 10.7. The van der Waals surface area contributed by atoms with Gasteiger partial charge in [0, 0.05) is 57.7 Å². The lowest BCUT2D eigenvalue weighted by Gasteiger charge is -2.34. The number of rotatable bonds is 7. The summed E-state index contributed by atoms with van der Waals surface area (Å²) in [6.07, 6.45) is 0. The van der Waals surface area contributed by atoms with E-state index in [0.717, 1.165) is 69.0 Å². The number of aryl methyl sites for hydroxylation is 2. The van der Waals surface area contributed by atoms with Gasteiger partial charge in [-0.25, -0.2) is 4.98 Å². The minimum absolute atomic E-state index is 0.773. The van der Waals surface area contributed by atoms with Crippen LogP contribution in [0.5, 0.6) is 0 Å². The molecule has 1 aliphatic rings. The van der Waals surface area contributed by atoms with Gasteiger partial charge < -0.3 is 10.6 Å². The van der Waals surface area contributed by atoms with Crippen molar-refractivity contribution in [1.29, 1.82) is 0 Å². The Morgan fingerprint density at radius 3 is 2.43 bits per heavy atom. The molecule has 1 aromatic carbocycles. The Kier molecular flexibility index (Phi) is 7.82. The molecule has 152 valence electrons. The van der Waals surface area contributed by atoms with Crippen LogP contribution in [0.1, 0.15) is 21.1 Å². The Morgan fingerprint density at radius 2 is 1.79 bits per heavy atom. The third-order valence-electron chi connectivity index (χ3n) is 5.07. The van der Waals surface area contributed by atoms with Gasteiger partial charge in [-0.3, -0.25) is 14.8 Å². The SMILES string of the molecule is CN=C(NCCN1CCN(Cc2ccccc2)CC1)NCc1sc(C)nc1C. The first kappa shape index (κ1) is 20.8. The van der Waals surface area contributed by atoms with Crippen molar-refractivity contribution in [1.82, 2.24) is 25.4 Å². The van der Waals surface area contributed by atoms with E-state index < -0.39 is 0 Å². The van der Waals surface area contributed by atoms with Crippen molar-refractivity contribution >= 4 is 17.3 Å². The average Bonchev–Trinajstić information content (AvgIpc) is 3.03. The van der Waals surface area contributed by atoms with Crippen LogP contribution < -0.4 is 10.6 Å². The first-order valence-corrected chi connectivity index (χ1v) is 10.8. The maximum Gasteiger partial charge on any atom is 0.191 e. The first-order valence-electron chi connectivity index (χ1n) is 10.00. The Hall–Kier alpha value is -1.96.